The maximum absolute atomic E-state index is 13.9. The lowest BCUT2D eigenvalue weighted by atomic mass is 10.0. The second-order valence-electron chi connectivity index (χ2n) is 9.40. The molecular formula is C28H33N5O3S2. The van der Waals surface area contributed by atoms with Crippen molar-refractivity contribution in [1.29, 1.82) is 0 Å². The van der Waals surface area contributed by atoms with Crippen LogP contribution in [0.3, 0.4) is 0 Å². The number of amides is 2. The molecule has 0 radical (unpaired) electrons. The SMILES string of the molecule is C=CC(=O)N1CCCN(C(=O)c2cc(Sc3cnc(Nc4ccccn4)s3)c(C)cc2OC)C[C@H]1C(C)C. The van der Waals surface area contributed by atoms with E-state index in [0.717, 1.165) is 25.6 Å². The number of carbonyl (C=O) groups excluding carboxylic acids is 2. The number of nitrogens with zero attached hydrogens (tertiary/aromatic N) is 4. The van der Waals surface area contributed by atoms with E-state index in [2.05, 4.69) is 35.7 Å². The molecule has 1 aliphatic rings. The summed E-state index contributed by atoms with van der Waals surface area (Å²) >= 11 is 3.09. The average molecular weight is 552 g/mol. The average Bonchev–Trinajstić information content (AvgIpc) is 3.22. The van der Waals surface area contributed by atoms with Crippen molar-refractivity contribution in [2.24, 2.45) is 5.92 Å². The fraction of sp³-hybridized carbons (Fsp3) is 0.357. The first-order valence-corrected chi connectivity index (χ1v) is 14.2. The number of pyridine rings is 1. The third-order valence-electron chi connectivity index (χ3n) is 6.47. The number of rotatable bonds is 8. The Balaban J connectivity index is 1.57. The molecule has 38 heavy (non-hydrogen) atoms. The predicted molar refractivity (Wildman–Crippen MR) is 153 cm³/mol. The minimum Gasteiger partial charge on any atom is -0.496 e. The summed E-state index contributed by atoms with van der Waals surface area (Å²) in [6.07, 6.45) is 5.61. The number of nitrogens with one attached hydrogen (secondary N) is 1. The first-order chi connectivity index (χ1) is 18.3. The normalized spacial score (nSPS) is 15.8. The van der Waals surface area contributed by atoms with Crippen molar-refractivity contribution < 1.29 is 14.3 Å². The number of hydrogen-bond donors (Lipinski definition) is 1. The van der Waals surface area contributed by atoms with Gasteiger partial charge in [0.1, 0.15) is 11.6 Å². The molecule has 3 aromatic rings. The van der Waals surface area contributed by atoms with Crippen LogP contribution in [-0.4, -0.2) is 64.4 Å². The molecule has 1 atom stereocenters. The third-order valence-corrected chi connectivity index (χ3v) is 8.65. The highest BCUT2D eigenvalue weighted by Crippen LogP contribution is 2.39. The monoisotopic (exact) mass is 551 g/mol. The molecule has 1 saturated heterocycles. The first kappa shape index (κ1) is 27.7. The highest BCUT2D eigenvalue weighted by atomic mass is 32.2. The maximum Gasteiger partial charge on any atom is 0.257 e. The summed E-state index contributed by atoms with van der Waals surface area (Å²) in [4.78, 5) is 39.8. The van der Waals surface area contributed by atoms with Gasteiger partial charge in [-0.2, -0.15) is 0 Å². The Kier molecular flexibility index (Phi) is 9.06. The Morgan fingerprint density at radius 2 is 2.08 bits per heavy atom. The van der Waals surface area contributed by atoms with Crippen molar-refractivity contribution in [1.82, 2.24) is 19.8 Å². The molecule has 2 amide bonds. The van der Waals surface area contributed by atoms with Gasteiger partial charge in [0, 0.05) is 30.7 Å². The molecule has 0 aliphatic carbocycles. The van der Waals surface area contributed by atoms with E-state index in [0.29, 0.717) is 37.4 Å². The minimum atomic E-state index is -0.0935. The smallest absolute Gasteiger partial charge is 0.257 e. The van der Waals surface area contributed by atoms with Crippen molar-refractivity contribution in [2.45, 2.75) is 42.3 Å². The largest absolute Gasteiger partial charge is 0.496 e. The van der Waals surface area contributed by atoms with Crippen LogP contribution in [-0.2, 0) is 4.79 Å². The van der Waals surface area contributed by atoms with Gasteiger partial charge in [-0.05, 0) is 55.2 Å². The predicted octanol–water partition coefficient (Wildman–Crippen LogP) is 5.64. The van der Waals surface area contributed by atoms with E-state index in [9.17, 15) is 9.59 Å². The standard InChI is InChI=1S/C28H33N5O3S2/c1-6-25(34)33-13-9-12-32(17-21(33)18(2)3)27(35)20-15-23(19(4)14-22(20)36-5)37-26-16-30-28(38-26)31-24-10-7-8-11-29-24/h6-8,10-11,14-16,18,21H,1,9,12-13,17H2,2-5H3,(H,29,30,31)/t21-/m0/s1. The van der Waals surface area contributed by atoms with E-state index in [1.807, 2.05) is 53.3 Å². The molecule has 0 saturated carbocycles. The first-order valence-electron chi connectivity index (χ1n) is 12.5. The van der Waals surface area contributed by atoms with E-state index in [1.165, 1.54) is 17.4 Å². The van der Waals surface area contributed by atoms with Crippen molar-refractivity contribution in [2.75, 3.05) is 32.1 Å². The highest BCUT2D eigenvalue weighted by Gasteiger charge is 2.32. The van der Waals surface area contributed by atoms with Crippen molar-refractivity contribution in [3.05, 3.63) is 66.5 Å². The zero-order valence-electron chi connectivity index (χ0n) is 22.1. The van der Waals surface area contributed by atoms with Crippen LogP contribution in [0.25, 0.3) is 0 Å². The van der Waals surface area contributed by atoms with Crippen LogP contribution in [0.1, 0.15) is 36.2 Å². The van der Waals surface area contributed by atoms with Gasteiger partial charge >= 0.3 is 0 Å². The number of methoxy groups -OCH3 is 1. The van der Waals surface area contributed by atoms with E-state index < -0.39 is 0 Å². The zero-order chi connectivity index (χ0) is 27.2. The Labute approximate surface area is 232 Å². The molecule has 10 heteroatoms. The maximum atomic E-state index is 13.9. The number of benzene rings is 1. The zero-order valence-corrected chi connectivity index (χ0v) is 23.8. The number of anilines is 2. The molecule has 8 nitrogen and oxygen atoms in total. The number of hydrogen-bond acceptors (Lipinski definition) is 8. The Morgan fingerprint density at radius 3 is 2.76 bits per heavy atom. The van der Waals surface area contributed by atoms with Crippen LogP contribution < -0.4 is 10.1 Å². The van der Waals surface area contributed by atoms with Crippen LogP contribution in [0.2, 0.25) is 0 Å². The number of ether oxygens (including phenoxy) is 1. The number of aryl methyl sites for hydroxylation is 1. The topological polar surface area (TPSA) is 87.7 Å². The lowest BCUT2D eigenvalue weighted by molar-refractivity contribution is -0.129. The van der Waals surface area contributed by atoms with Crippen LogP contribution in [0, 0.1) is 12.8 Å². The van der Waals surface area contributed by atoms with Crippen LogP contribution in [0.15, 0.2) is 64.5 Å². The second-order valence-corrected chi connectivity index (χ2v) is 11.8. The Hall–Kier alpha value is -3.37. The van der Waals surface area contributed by atoms with Gasteiger partial charge in [-0.15, -0.1) is 0 Å². The third kappa shape index (κ3) is 6.36. The fourth-order valence-electron chi connectivity index (χ4n) is 4.46. The van der Waals surface area contributed by atoms with Crippen molar-refractivity contribution >= 4 is 45.9 Å². The molecule has 0 unspecified atom stereocenters. The van der Waals surface area contributed by atoms with E-state index in [4.69, 9.17) is 4.74 Å². The highest BCUT2D eigenvalue weighted by molar-refractivity contribution is 8.01. The molecule has 1 aromatic carbocycles. The van der Waals surface area contributed by atoms with Gasteiger partial charge in [-0.1, -0.05) is 49.6 Å². The molecule has 3 heterocycles. The molecule has 1 aliphatic heterocycles. The van der Waals surface area contributed by atoms with E-state index >= 15 is 0 Å². The lowest BCUT2D eigenvalue weighted by Crippen LogP contribution is -2.47. The summed E-state index contributed by atoms with van der Waals surface area (Å²) in [6, 6.07) is 9.41. The second kappa shape index (κ2) is 12.4. The molecule has 2 aromatic heterocycles. The summed E-state index contributed by atoms with van der Waals surface area (Å²) in [5.74, 6) is 1.29. The molecule has 0 bridgehead atoms. The van der Waals surface area contributed by atoms with Gasteiger partial charge < -0.3 is 19.9 Å². The van der Waals surface area contributed by atoms with Gasteiger partial charge in [0.2, 0.25) is 5.91 Å². The van der Waals surface area contributed by atoms with Crippen molar-refractivity contribution in [3.63, 3.8) is 0 Å². The van der Waals surface area contributed by atoms with Gasteiger partial charge in [0.15, 0.2) is 5.13 Å². The minimum absolute atomic E-state index is 0.0838. The van der Waals surface area contributed by atoms with Gasteiger partial charge in [0.05, 0.1) is 29.1 Å². The molecule has 4 rings (SSSR count). The van der Waals surface area contributed by atoms with Gasteiger partial charge in [-0.3, -0.25) is 9.59 Å². The van der Waals surface area contributed by atoms with Crippen LogP contribution >= 0.6 is 23.1 Å². The number of thiazole rings is 1. The summed E-state index contributed by atoms with van der Waals surface area (Å²) in [6.45, 7) is 11.5. The molecule has 200 valence electrons. The van der Waals surface area contributed by atoms with Crippen LogP contribution in [0.4, 0.5) is 10.9 Å². The summed E-state index contributed by atoms with van der Waals surface area (Å²) in [5.41, 5.74) is 1.53. The molecule has 1 N–H and O–H groups in total. The fourth-order valence-corrected chi connectivity index (χ4v) is 6.40. The van der Waals surface area contributed by atoms with E-state index in [1.54, 1.807) is 25.1 Å². The molecule has 0 spiro atoms. The number of carbonyl (C=O) groups is 2. The van der Waals surface area contributed by atoms with Crippen LogP contribution in [0.5, 0.6) is 5.75 Å². The number of aromatic nitrogens is 2. The molecular weight excluding hydrogens is 518 g/mol. The quantitative estimate of drug-likeness (QED) is 0.363. The van der Waals surface area contributed by atoms with E-state index in [-0.39, 0.29) is 23.8 Å². The Bertz CT molecular complexity index is 1290. The van der Waals surface area contributed by atoms with Crippen molar-refractivity contribution in [3.8, 4) is 5.75 Å². The van der Waals surface area contributed by atoms with Gasteiger partial charge in [0.25, 0.3) is 5.91 Å². The Morgan fingerprint density at radius 1 is 1.26 bits per heavy atom. The summed E-state index contributed by atoms with van der Waals surface area (Å²) in [5, 5.41) is 3.97. The van der Waals surface area contributed by atoms with Gasteiger partial charge in [-0.25, -0.2) is 9.97 Å². The molecule has 1 fully saturated rings. The lowest BCUT2D eigenvalue weighted by Gasteiger charge is -2.34. The summed E-state index contributed by atoms with van der Waals surface area (Å²) < 4.78 is 6.62. The summed E-state index contributed by atoms with van der Waals surface area (Å²) in [7, 11) is 1.58.